The van der Waals surface area contributed by atoms with E-state index in [1.165, 1.54) is 6.39 Å². The first-order chi connectivity index (χ1) is 16.6. The van der Waals surface area contributed by atoms with Crippen LogP contribution in [0.2, 0.25) is 0 Å². The van der Waals surface area contributed by atoms with Gasteiger partial charge in [-0.25, -0.2) is 4.39 Å². The molecule has 2 fully saturated rings. The first kappa shape index (κ1) is 22.4. The molecule has 34 heavy (non-hydrogen) atoms. The Kier molecular flexibility index (Phi) is 6.48. The van der Waals surface area contributed by atoms with Crippen LogP contribution in [-0.2, 0) is 11.3 Å². The van der Waals surface area contributed by atoms with Gasteiger partial charge in [-0.05, 0) is 23.8 Å². The van der Waals surface area contributed by atoms with Crippen molar-refractivity contribution in [2.24, 2.45) is 0 Å². The van der Waals surface area contributed by atoms with Crippen LogP contribution in [0.3, 0.4) is 0 Å². The average Bonchev–Trinajstić information content (AvgIpc) is 3.42. The normalized spacial score (nSPS) is 19.1. The Hall–Kier alpha value is -3.40. The minimum atomic E-state index is -1.80. The topological polar surface area (TPSA) is 97.5 Å². The lowest BCUT2D eigenvalue weighted by Crippen LogP contribution is -2.54. The van der Waals surface area contributed by atoms with E-state index in [-0.39, 0.29) is 24.9 Å². The van der Waals surface area contributed by atoms with Gasteiger partial charge in [0.2, 0.25) is 6.39 Å². The number of benzene rings is 1. The Balaban J connectivity index is 1.13. The minimum Gasteiger partial charge on any atom is -0.489 e. The molecule has 178 valence electrons. The second-order valence-corrected chi connectivity index (χ2v) is 8.84. The van der Waals surface area contributed by atoms with Crippen LogP contribution in [0.1, 0.15) is 31.2 Å². The molecule has 4 heterocycles. The van der Waals surface area contributed by atoms with Crippen LogP contribution in [0.5, 0.6) is 5.75 Å². The molecule has 2 saturated heterocycles. The van der Waals surface area contributed by atoms with Crippen LogP contribution < -0.4 is 4.74 Å². The number of likely N-dealkylation sites (tertiary alicyclic amines) is 2. The highest BCUT2D eigenvalue weighted by atomic mass is 19.1. The van der Waals surface area contributed by atoms with Crippen LogP contribution in [0, 0.1) is 0 Å². The summed E-state index contributed by atoms with van der Waals surface area (Å²) in [6, 6.07) is 9.41. The van der Waals surface area contributed by atoms with Crippen molar-refractivity contribution < 1.29 is 18.3 Å². The highest BCUT2D eigenvalue weighted by molar-refractivity contribution is 5.85. The summed E-state index contributed by atoms with van der Waals surface area (Å²) in [5, 5.41) is 15.4. The Morgan fingerprint density at radius 2 is 1.88 bits per heavy atom. The van der Waals surface area contributed by atoms with Crippen LogP contribution >= 0.6 is 0 Å². The fourth-order valence-electron chi connectivity index (χ4n) is 4.63. The summed E-state index contributed by atoms with van der Waals surface area (Å²) in [5.74, 6) is 0.673. The predicted molar refractivity (Wildman–Crippen MR) is 120 cm³/mol. The van der Waals surface area contributed by atoms with Gasteiger partial charge in [-0.3, -0.25) is 9.69 Å². The molecule has 0 radical (unpaired) electrons. The van der Waals surface area contributed by atoms with Crippen molar-refractivity contribution in [3.8, 4) is 17.2 Å². The monoisotopic (exact) mass is 466 g/mol. The third kappa shape index (κ3) is 4.91. The first-order valence-corrected chi connectivity index (χ1v) is 11.6. The predicted octanol–water partition coefficient (Wildman–Crippen LogP) is 2.90. The third-order valence-corrected chi connectivity index (χ3v) is 6.58. The van der Waals surface area contributed by atoms with Gasteiger partial charge in [0.05, 0.1) is 11.8 Å². The second kappa shape index (κ2) is 9.84. The minimum absolute atomic E-state index is 0.0699. The lowest BCUT2D eigenvalue weighted by atomic mass is 9.90. The van der Waals surface area contributed by atoms with Crippen molar-refractivity contribution in [2.75, 3.05) is 26.2 Å². The van der Waals surface area contributed by atoms with Gasteiger partial charge in [0, 0.05) is 64.6 Å². The molecule has 2 aromatic heterocycles. The van der Waals surface area contributed by atoms with E-state index >= 15 is 4.39 Å². The summed E-state index contributed by atoms with van der Waals surface area (Å²) in [6.07, 6.45) is 6.27. The number of nitrogens with zero attached hydrogens (tertiary/aromatic N) is 6. The van der Waals surface area contributed by atoms with E-state index in [0.29, 0.717) is 57.2 Å². The molecule has 0 N–H and O–H groups in total. The summed E-state index contributed by atoms with van der Waals surface area (Å²) in [7, 11) is 0. The average molecular weight is 467 g/mol. The van der Waals surface area contributed by atoms with Crippen molar-refractivity contribution in [3.05, 3.63) is 54.7 Å². The summed E-state index contributed by atoms with van der Waals surface area (Å²) >= 11 is 0. The Morgan fingerprint density at radius 1 is 1.09 bits per heavy atom. The highest BCUT2D eigenvalue weighted by Gasteiger charge is 2.44. The SMILES string of the molecule is O=C(N1CCC(Oc2ccccc2-c2nnco2)CC1)C1(F)CCN(Cc2ccnnc2)CC1. The first-order valence-electron chi connectivity index (χ1n) is 11.6. The summed E-state index contributed by atoms with van der Waals surface area (Å²) in [5.41, 5.74) is -0.0310. The Labute approximate surface area is 196 Å². The maximum absolute atomic E-state index is 15.6. The Morgan fingerprint density at radius 3 is 2.59 bits per heavy atom. The number of ether oxygens (including phenoxy) is 1. The van der Waals surface area contributed by atoms with Crippen molar-refractivity contribution in [1.82, 2.24) is 30.2 Å². The number of rotatable bonds is 6. The van der Waals surface area contributed by atoms with Gasteiger partial charge in [0.25, 0.3) is 11.8 Å². The fraction of sp³-hybridized carbons (Fsp3) is 0.458. The van der Waals surface area contributed by atoms with Gasteiger partial charge in [0.15, 0.2) is 5.67 Å². The molecule has 2 aliphatic rings. The van der Waals surface area contributed by atoms with Crippen molar-refractivity contribution in [2.45, 2.75) is 44.0 Å². The molecule has 2 aliphatic heterocycles. The summed E-state index contributed by atoms with van der Waals surface area (Å²) in [6.45, 7) is 2.72. The molecule has 0 spiro atoms. The zero-order valence-corrected chi connectivity index (χ0v) is 18.8. The Bertz CT molecular complexity index is 1080. The van der Waals surface area contributed by atoms with Gasteiger partial charge in [-0.2, -0.15) is 10.2 Å². The van der Waals surface area contributed by atoms with E-state index in [2.05, 4.69) is 25.3 Å². The standard InChI is InChI=1S/C24H27FN6O3/c25-24(8-13-30(14-9-24)16-18-5-10-26-27-15-18)23(32)31-11-6-19(7-12-31)34-21-4-2-1-3-20(21)22-29-28-17-33-22/h1-5,10,15,17,19H,6-9,11-14,16H2. The van der Waals surface area contributed by atoms with Gasteiger partial charge < -0.3 is 14.1 Å². The second-order valence-electron chi connectivity index (χ2n) is 8.84. The van der Waals surface area contributed by atoms with Gasteiger partial charge >= 0.3 is 0 Å². The molecule has 0 atom stereocenters. The number of hydrogen-bond acceptors (Lipinski definition) is 8. The maximum Gasteiger partial charge on any atom is 0.260 e. The third-order valence-electron chi connectivity index (χ3n) is 6.58. The number of carbonyl (C=O) groups is 1. The molecule has 9 nitrogen and oxygen atoms in total. The van der Waals surface area contributed by atoms with Gasteiger partial charge in [-0.1, -0.05) is 12.1 Å². The van der Waals surface area contributed by atoms with E-state index in [4.69, 9.17) is 9.15 Å². The number of para-hydroxylation sites is 1. The smallest absolute Gasteiger partial charge is 0.260 e. The van der Waals surface area contributed by atoms with E-state index in [0.717, 1.165) is 11.1 Å². The number of halogens is 1. The van der Waals surface area contributed by atoms with Crippen LogP contribution in [0.4, 0.5) is 4.39 Å². The number of alkyl halides is 1. The zero-order chi connectivity index (χ0) is 23.4. The van der Waals surface area contributed by atoms with E-state index in [1.807, 2.05) is 30.3 Å². The number of carbonyl (C=O) groups excluding carboxylic acids is 1. The molecule has 1 amide bonds. The number of amides is 1. The molecule has 0 saturated carbocycles. The zero-order valence-electron chi connectivity index (χ0n) is 18.8. The molecule has 10 heteroatoms. The summed E-state index contributed by atoms with van der Waals surface area (Å²) in [4.78, 5) is 16.9. The fourth-order valence-corrected chi connectivity index (χ4v) is 4.63. The van der Waals surface area contributed by atoms with Crippen LogP contribution in [-0.4, -0.2) is 74.1 Å². The number of hydrogen-bond donors (Lipinski definition) is 0. The van der Waals surface area contributed by atoms with Crippen molar-refractivity contribution in [3.63, 3.8) is 0 Å². The van der Waals surface area contributed by atoms with Crippen molar-refractivity contribution >= 4 is 5.91 Å². The molecule has 0 unspecified atom stereocenters. The molecule has 1 aromatic carbocycles. The van der Waals surface area contributed by atoms with Crippen LogP contribution in [0.15, 0.2) is 53.5 Å². The molecule has 0 aliphatic carbocycles. The summed E-state index contributed by atoms with van der Waals surface area (Å²) < 4.78 is 27.1. The van der Waals surface area contributed by atoms with Crippen molar-refractivity contribution in [1.29, 1.82) is 0 Å². The van der Waals surface area contributed by atoms with E-state index in [9.17, 15) is 4.79 Å². The lowest BCUT2D eigenvalue weighted by Gasteiger charge is -2.40. The molecular formula is C24H27FN6O3. The molecule has 3 aromatic rings. The number of aromatic nitrogens is 4. The largest absolute Gasteiger partial charge is 0.489 e. The highest BCUT2D eigenvalue weighted by Crippen LogP contribution is 2.33. The van der Waals surface area contributed by atoms with Crippen LogP contribution in [0.25, 0.3) is 11.5 Å². The van der Waals surface area contributed by atoms with E-state index in [1.54, 1.807) is 17.3 Å². The number of piperidine rings is 2. The van der Waals surface area contributed by atoms with Gasteiger partial charge in [0.1, 0.15) is 11.9 Å². The quantitative estimate of drug-likeness (QED) is 0.547. The maximum atomic E-state index is 15.6. The van der Waals surface area contributed by atoms with E-state index < -0.39 is 5.67 Å². The molecule has 0 bridgehead atoms. The van der Waals surface area contributed by atoms with Gasteiger partial charge in [-0.15, -0.1) is 10.2 Å². The molecular weight excluding hydrogens is 439 g/mol. The lowest BCUT2D eigenvalue weighted by molar-refractivity contribution is -0.149. The molecule has 5 rings (SSSR count).